The molecule has 1 aliphatic heterocycles. The Hall–Kier alpha value is -2.28. The first kappa shape index (κ1) is 16.1. The van der Waals surface area contributed by atoms with Crippen LogP contribution in [-0.4, -0.2) is 65.4 Å². The maximum absolute atomic E-state index is 10.7. The third kappa shape index (κ3) is 4.36. The van der Waals surface area contributed by atoms with Crippen molar-refractivity contribution < 1.29 is 14.8 Å². The van der Waals surface area contributed by atoms with Crippen molar-refractivity contribution in [3.8, 4) is 6.07 Å². The third-order valence-electron chi connectivity index (χ3n) is 3.27. The smallest absolute Gasteiger partial charge is 0.305 e. The minimum absolute atomic E-state index is 0.243. The van der Waals surface area contributed by atoms with Gasteiger partial charge in [-0.25, -0.2) is 4.98 Å². The Morgan fingerprint density at radius 3 is 2.91 bits per heavy atom. The molecule has 1 aromatic rings. The number of rotatable bonds is 6. The van der Waals surface area contributed by atoms with Gasteiger partial charge < -0.3 is 15.2 Å². The molecule has 1 aliphatic rings. The van der Waals surface area contributed by atoms with Crippen LogP contribution in [0.25, 0.3) is 0 Å². The van der Waals surface area contributed by atoms with Crippen molar-refractivity contribution in [2.24, 2.45) is 0 Å². The fourth-order valence-electron chi connectivity index (χ4n) is 2.15. The summed E-state index contributed by atoms with van der Waals surface area (Å²) in [5.41, 5.74) is -0.584. The summed E-state index contributed by atoms with van der Waals surface area (Å²) >= 11 is 0. The van der Waals surface area contributed by atoms with Gasteiger partial charge in [0, 0.05) is 32.2 Å². The van der Waals surface area contributed by atoms with Crippen molar-refractivity contribution in [1.82, 2.24) is 9.88 Å². The molecular weight excluding hydrogens is 290 g/mol. The lowest BCUT2D eigenvalue weighted by atomic mass is 10.3. The maximum atomic E-state index is 10.7. The molecule has 0 aromatic carbocycles. The van der Waals surface area contributed by atoms with Crippen LogP contribution in [0.15, 0.2) is 12.1 Å². The molecule has 0 bridgehead atoms. The van der Waals surface area contributed by atoms with E-state index >= 15 is 0 Å². The average molecular weight is 307 g/mol. The molecule has 9 nitrogen and oxygen atoms in total. The normalized spacial score (nSPS) is 16.7. The molecule has 118 valence electrons. The first-order valence-electron chi connectivity index (χ1n) is 6.87. The van der Waals surface area contributed by atoms with Crippen LogP contribution in [0, 0.1) is 21.4 Å². The molecule has 0 spiro atoms. The number of ether oxygens (including phenoxy) is 1. The lowest BCUT2D eigenvalue weighted by Gasteiger charge is -2.28. The third-order valence-corrected chi connectivity index (χ3v) is 3.27. The number of hydrogen-bond donors (Lipinski definition) is 2. The van der Waals surface area contributed by atoms with Gasteiger partial charge in [-0.05, 0) is 6.07 Å². The van der Waals surface area contributed by atoms with Crippen LogP contribution in [0.2, 0.25) is 0 Å². The molecule has 0 aliphatic carbocycles. The van der Waals surface area contributed by atoms with Crippen LogP contribution in [0.5, 0.6) is 0 Å². The number of nitrogens with zero attached hydrogens (tertiary/aromatic N) is 4. The highest BCUT2D eigenvalue weighted by atomic mass is 16.6. The van der Waals surface area contributed by atoms with Gasteiger partial charge in [-0.1, -0.05) is 0 Å². The molecule has 2 heterocycles. The van der Waals surface area contributed by atoms with Crippen molar-refractivity contribution in [1.29, 1.82) is 5.26 Å². The van der Waals surface area contributed by atoms with E-state index in [1.54, 1.807) is 6.07 Å². The largest absolute Gasteiger partial charge is 0.390 e. The minimum atomic E-state index is -0.650. The van der Waals surface area contributed by atoms with Crippen LogP contribution >= 0.6 is 0 Å². The van der Waals surface area contributed by atoms with E-state index in [-0.39, 0.29) is 17.9 Å². The fourth-order valence-corrected chi connectivity index (χ4v) is 2.15. The molecule has 2 N–H and O–H groups in total. The number of anilines is 1. The van der Waals surface area contributed by atoms with E-state index in [2.05, 4.69) is 15.2 Å². The zero-order valence-corrected chi connectivity index (χ0v) is 11.9. The summed E-state index contributed by atoms with van der Waals surface area (Å²) in [5, 5.41) is 32.5. The summed E-state index contributed by atoms with van der Waals surface area (Å²) < 4.78 is 5.23. The zero-order chi connectivity index (χ0) is 15.9. The fraction of sp³-hybridized carbons (Fsp3) is 0.538. The van der Waals surface area contributed by atoms with Gasteiger partial charge in [0.05, 0.1) is 24.2 Å². The predicted octanol–water partition coefficient (Wildman–Crippen LogP) is -0.0335. The van der Waals surface area contributed by atoms with E-state index in [1.807, 2.05) is 0 Å². The van der Waals surface area contributed by atoms with Crippen molar-refractivity contribution in [2.75, 3.05) is 44.7 Å². The second-order valence-electron chi connectivity index (χ2n) is 4.88. The zero-order valence-electron chi connectivity index (χ0n) is 11.9. The molecule has 1 saturated heterocycles. The van der Waals surface area contributed by atoms with Gasteiger partial charge >= 0.3 is 5.69 Å². The van der Waals surface area contributed by atoms with Crippen LogP contribution in [0.3, 0.4) is 0 Å². The van der Waals surface area contributed by atoms with Crippen LogP contribution < -0.4 is 5.32 Å². The molecule has 1 atom stereocenters. The summed E-state index contributed by atoms with van der Waals surface area (Å²) in [7, 11) is 0. The van der Waals surface area contributed by atoms with Crippen LogP contribution in [0.1, 0.15) is 5.69 Å². The number of aromatic nitrogens is 1. The summed E-state index contributed by atoms with van der Waals surface area (Å²) in [5.74, 6) is 0.322. The molecule has 9 heteroatoms. The number of morpholine rings is 1. The van der Waals surface area contributed by atoms with E-state index < -0.39 is 11.0 Å². The summed E-state index contributed by atoms with van der Waals surface area (Å²) in [4.78, 5) is 16.0. The number of aliphatic hydroxyl groups is 1. The summed E-state index contributed by atoms with van der Waals surface area (Å²) in [6, 6.07) is 4.33. The maximum Gasteiger partial charge on any atom is 0.305 e. The van der Waals surface area contributed by atoms with E-state index in [4.69, 9.17) is 10.00 Å². The Kier molecular flexibility index (Phi) is 5.60. The van der Waals surface area contributed by atoms with Gasteiger partial charge in [0.15, 0.2) is 0 Å². The molecule has 0 amide bonds. The number of aliphatic hydroxyl groups excluding tert-OH is 1. The topological polar surface area (TPSA) is 125 Å². The molecular formula is C13H17N5O4. The molecule has 2 rings (SSSR count). The second-order valence-corrected chi connectivity index (χ2v) is 4.88. The lowest BCUT2D eigenvalue weighted by Crippen LogP contribution is -2.42. The minimum Gasteiger partial charge on any atom is -0.390 e. The Morgan fingerprint density at radius 2 is 2.27 bits per heavy atom. The molecule has 1 aromatic heterocycles. The van der Waals surface area contributed by atoms with Gasteiger partial charge in [0.1, 0.15) is 11.9 Å². The van der Waals surface area contributed by atoms with E-state index in [9.17, 15) is 15.2 Å². The van der Waals surface area contributed by atoms with Crippen LogP contribution in [0.4, 0.5) is 11.5 Å². The second kappa shape index (κ2) is 7.65. The molecule has 0 saturated carbocycles. The highest BCUT2D eigenvalue weighted by Gasteiger charge is 2.17. The number of β-amino-alcohol motifs (C(OH)–C–C–N with tert-alkyl or cyclic N) is 1. The standard InChI is InChI=1S/C13H17N5O4/c14-7-11-12(18(20)21)1-2-13(16-11)15-8-10(19)9-17-3-5-22-6-4-17/h1-2,10,19H,3-6,8-9H2,(H,15,16). The molecule has 1 unspecified atom stereocenters. The molecule has 22 heavy (non-hydrogen) atoms. The van der Waals surface area contributed by atoms with Crippen molar-refractivity contribution >= 4 is 11.5 Å². The first-order valence-corrected chi connectivity index (χ1v) is 6.87. The van der Waals surface area contributed by atoms with Gasteiger partial charge in [0.2, 0.25) is 5.69 Å². The summed E-state index contributed by atoms with van der Waals surface area (Å²) in [6.07, 6.45) is -0.611. The number of pyridine rings is 1. The quantitative estimate of drug-likeness (QED) is 0.554. The highest BCUT2D eigenvalue weighted by Crippen LogP contribution is 2.18. The first-order chi connectivity index (χ1) is 10.6. The predicted molar refractivity (Wildman–Crippen MR) is 77.4 cm³/mol. The van der Waals surface area contributed by atoms with Gasteiger partial charge in [-0.2, -0.15) is 5.26 Å². The van der Waals surface area contributed by atoms with Gasteiger partial charge in [-0.15, -0.1) is 0 Å². The Labute approximate surface area is 127 Å². The number of nitriles is 1. The van der Waals surface area contributed by atoms with E-state index in [1.165, 1.54) is 12.1 Å². The number of hydrogen-bond acceptors (Lipinski definition) is 8. The molecule has 0 radical (unpaired) electrons. The van der Waals surface area contributed by atoms with Crippen molar-refractivity contribution in [3.05, 3.63) is 27.9 Å². The van der Waals surface area contributed by atoms with E-state index in [0.717, 1.165) is 13.1 Å². The Bertz CT molecular complexity index is 568. The highest BCUT2D eigenvalue weighted by molar-refractivity contribution is 5.50. The monoisotopic (exact) mass is 307 g/mol. The van der Waals surface area contributed by atoms with Crippen LogP contribution in [-0.2, 0) is 4.74 Å². The molecule has 1 fully saturated rings. The van der Waals surface area contributed by atoms with Gasteiger partial charge in [-0.3, -0.25) is 15.0 Å². The average Bonchev–Trinajstić information content (AvgIpc) is 2.53. The number of nitro groups is 1. The lowest BCUT2D eigenvalue weighted by molar-refractivity contribution is -0.385. The SMILES string of the molecule is N#Cc1nc(NCC(O)CN2CCOCC2)ccc1[N+](=O)[O-]. The number of nitrogens with one attached hydrogen (secondary N) is 1. The Morgan fingerprint density at radius 1 is 1.55 bits per heavy atom. The summed E-state index contributed by atoms with van der Waals surface area (Å²) in [6.45, 7) is 3.64. The van der Waals surface area contributed by atoms with Crippen molar-refractivity contribution in [2.45, 2.75) is 6.10 Å². The van der Waals surface area contributed by atoms with Crippen molar-refractivity contribution in [3.63, 3.8) is 0 Å². The Balaban J connectivity index is 1.88. The van der Waals surface area contributed by atoms with Gasteiger partial charge in [0.25, 0.3) is 0 Å². The van der Waals surface area contributed by atoms with E-state index in [0.29, 0.717) is 25.6 Å².